The van der Waals surface area contributed by atoms with Crippen LogP contribution >= 0.6 is 15.9 Å². The highest BCUT2D eigenvalue weighted by Crippen LogP contribution is 2.44. The molecule has 8 heteroatoms. The number of amides is 1. The summed E-state index contributed by atoms with van der Waals surface area (Å²) in [4.78, 5) is 27.8. The van der Waals surface area contributed by atoms with E-state index in [4.69, 9.17) is 9.47 Å². The van der Waals surface area contributed by atoms with Gasteiger partial charge in [-0.05, 0) is 63.5 Å². The molecular weight excluding hydrogens is 502 g/mol. The Morgan fingerprint density at radius 1 is 1.00 bits per heavy atom. The number of phenols is 1. The molecule has 1 amide bonds. The van der Waals surface area contributed by atoms with Crippen LogP contribution in [0.5, 0.6) is 17.2 Å². The molecule has 0 radical (unpaired) electrons. The Balaban J connectivity index is 1.90. The first-order valence-electron chi connectivity index (χ1n) is 10.4. The van der Waals surface area contributed by atoms with E-state index in [1.807, 2.05) is 30.3 Å². The second kappa shape index (κ2) is 9.61. The highest BCUT2D eigenvalue weighted by Gasteiger charge is 2.46. The Labute approximate surface area is 205 Å². The zero-order valence-corrected chi connectivity index (χ0v) is 20.1. The minimum absolute atomic E-state index is 0.0502. The van der Waals surface area contributed by atoms with Gasteiger partial charge < -0.3 is 24.6 Å². The molecule has 0 aromatic heterocycles. The number of Topliss-reactive ketones (excluding diaryl/α,β-unsaturated/α-hetero) is 1. The first-order valence-corrected chi connectivity index (χ1v) is 11.2. The number of hydrogen-bond acceptors (Lipinski definition) is 6. The van der Waals surface area contributed by atoms with Crippen LogP contribution in [0.1, 0.15) is 22.7 Å². The minimum atomic E-state index is -0.909. The van der Waals surface area contributed by atoms with Crippen LogP contribution in [0.3, 0.4) is 0 Å². The number of aliphatic hydroxyl groups excluding tert-OH is 1. The predicted molar refractivity (Wildman–Crippen MR) is 130 cm³/mol. The van der Waals surface area contributed by atoms with Gasteiger partial charge >= 0.3 is 0 Å². The molecule has 1 unspecified atom stereocenters. The maximum atomic E-state index is 13.2. The zero-order valence-electron chi connectivity index (χ0n) is 18.5. The standard InChI is InChI=1S/C26H22BrNO6/c1-33-18-10-8-16(9-11-18)23(29)21-22(17-12-19(27)24(30)20(13-17)34-2)28(26(32)25(21)31)14-15-6-4-3-5-7-15/h3-13,22,29-30H,14H2,1-2H3/b23-21+. The fourth-order valence-corrected chi connectivity index (χ4v) is 4.44. The fraction of sp³-hybridized carbons (Fsp3) is 0.154. The van der Waals surface area contributed by atoms with Crippen LogP contribution in [0, 0.1) is 0 Å². The number of hydrogen-bond donors (Lipinski definition) is 2. The summed E-state index contributed by atoms with van der Waals surface area (Å²) in [6.45, 7) is 0.149. The monoisotopic (exact) mass is 523 g/mol. The molecule has 0 aliphatic carbocycles. The van der Waals surface area contributed by atoms with Gasteiger partial charge in [0.2, 0.25) is 0 Å². The molecule has 0 bridgehead atoms. The number of carbonyl (C=O) groups excluding carboxylic acids is 2. The number of methoxy groups -OCH3 is 2. The average molecular weight is 524 g/mol. The predicted octanol–water partition coefficient (Wildman–Crippen LogP) is 4.79. The number of aliphatic hydroxyl groups is 1. The van der Waals surface area contributed by atoms with E-state index in [0.29, 0.717) is 21.3 Å². The van der Waals surface area contributed by atoms with Gasteiger partial charge in [0.05, 0.1) is 30.3 Å². The summed E-state index contributed by atoms with van der Waals surface area (Å²) in [5, 5.41) is 21.5. The number of likely N-dealkylation sites (tertiary alicyclic amines) is 1. The SMILES string of the molecule is COc1ccc(/C(O)=C2\C(=O)C(=O)N(Cc3ccccc3)C2c2cc(Br)c(O)c(OC)c2)cc1. The van der Waals surface area contributed by atoms with Crippen LogP contribution in [0.25, 0.3) is 5.76 Å². The van der Waals surface area contributed by atoms with Crippen molar-refractivity contribution in [3.8, 4) is 17.2 Å². The molecule has 34 heavy (non-hydrogen) atoms. The van der Waals surface area contributed by atoms with Crippen LogP contribution in [-0.2, 0) is 16.1 Å². The highest BCUT2D eigenvalue weighted by atomic mass is 79.9. The molecule has 1 aliphatic heterocycles. The van der Waals surface area contributed by atoms with E-state index in [1.54, 1.807) is 36.4 Å². The smallest absolute Gasteiger partial charge is 0.295 e. The lowest BCUT2D eigenvalue weighted by Crippen LogP contribution is -2.29. The van der Waals surface area contributed by atoms with Crippen molar-refractivity contribution in [2.24, 2.45) is 0 Å². The van der Waals surface area contributed by atoms with E-state index in [2.05, 4.69) is 15.9 Å². The Morgan fingerprint density at radius 3 is 2.29 bits per heavy atom. The summed E-state index contributed by atoms with van der Waals surface area (Å²) in [6.07, 6.45) is 0. The van der Waals surface area contributed by atoms with Crippen molar-refractivity contribution in [3.05, 3.63) is 93.5 Å². The first-order chi connectivity index (χ1) is 16.3. The largest absolute Gasteiger partial charge is 0.507 e. The van der Waals surface area contributed by atoms with Gasteiger partial charge in [0.15, 0.2) is 11.5 Å². The van der Waals surface area contributed by atoms with Crippen molar-refractivity contribution in [3.63, 3.8) is 0 Å². The van der Waals surface area contributed by atoms with Gasteiger partial charge in [0.1, 0.15) is 11.5 Å². The van der Waals surface area contributed by atoms with E-state index in [-0.39, 0.29) is 29.4 Å². The third-order valence-corrected chi connectivity index (χ3v) is 6.29. The van der Waals surface area contributed by atoms with Crippen molar-refractivity contribution in [1.29, 1.82) is 0 Å². The highest BCUT2D eigenvalue weighted by molar-refractivity contribution is 9.10. The Hall–Kier alpha value is -3.78. The third kappa shape index (κ3) is 4.24. The molecule has 4 rings (SSSR count). The maximum absolute atomic E-state index is 13.2. The van der Waals surface area contributed by atoms with Gasteiger partial charge in [0.25, 0.3) is 11.7 Å². The molecule has 0 saturated carbocycles. The molecule has 0 spiro atoms. The van der Waals surface area contributed by atoms with Crippen LogP contribution < -0.4 is 9.47 Å². The number of ketones is 1. The summed E-state index contributed by atoms with van der Waals surface area (Å²) in [7, 11) is 2.93. The van der Waals surface area contributed by atoms with Crippen LogP contribution in [0.15, 0.2) is 76.8 Å². The second-order valence-electron chi connectivity index (χ2n) is 7.69. The normalized spacial score (nSPS) is 17.1. The van der Waals surface area contributed by atoms with Gasteiger partial charge in [-0.15, -0.1) is 0 Å². The number of ether oxygens (including phenoxy) is 2. The molecule has 3 aromatic rings. The summed E-state index contributed by atoms with van der Waals surface area (Å²) < 4.78 is 10.8. The van der Waals surface area contributed by atoms with E-state index < -0.39 is 17.7 Å². The van der Waals surface area contributed by atoms with Gasteiger partial charge in [-0.3, -0.25) is 9.59 Å². The third-order valence-electron chi connectivity index (χ3n) is 5.69. The molecule has 1 fully saturated rings. The Bertz CT molecular complexity index is 1270. The molecule has 2 N–H and O–H groups in total. The number of nitrogens with zero attached hydrogens (tertiary/aromatic N) is 1. The van der Waals surface area contributed by atoms with Crippen LogP contribution in [0.4, 0.5) is 0 Å². The second-order valence-corrected chi connectivity index (χ2v) is 8.55. The number of aromatic hydroxyl groups is 1. The lowest BCUT2D eigenvalue weighted by Gasteiger charge is -2.26. The number of rotatable bonds is 6. The quantitative estimate of drug-likeness (QED) is 0.274. The molecule has 1 saturated heterocycles. The first kappa shape index (κ1) is 23.4. The zero-order chi connectivity index (χ0) is 24.4. The number of phenolic OH excluding ortho intramolecular Hbond substituents is 1. The van der Waals surface area contributed by atoms with Gasteiger partial charge in [-0.1, -0.05) is 30.3 Å². The van der Waals surface area contributed by atoms with E-state index in [1.165, 1.54) is 19.1 Å². The topological polar surface area (TPSA) is 96.3 Å². The van der Waals surface area contributed by atoms with Crippen molar-refractivity contribution >= 4 is 33.4 Å². The lowest BCUT2D eigenvalue weighted by molar-refractivity contribution is -0.140. The molecule has 1 heterocycles. The van der Waals surface area contributed by atoms with E-state index in [9.17, 15) is 19.8 Å². The van der Waals surface area contributed by atoms with Crippen molar-refractivity contribution < 1.29 is 29.3 Å². The average Bonchev–Trinajstić information content (AvgIpc) is 3.10. The van der Waals surface area contributed by atoms with Crippen LogP contribution in [-0.4, -0.2) is 41.0 Å². The maximum Gasteiger partial charge on any atom is 0.295 e. The van der Waals surface area contributed by atoms with Crippen LogP contribution in [0.2, 0.25) is 0 Å². The molecular formula is C26H22BrNO6. The fourth-order valence-electron chi connectivity index (χ4n) is 3.98. The van der Waals surface area contributed by atoms with Crippen molar-refractivity contribution in [2.45, 2.75) is 12.6 Å². The number of benzene rings is 3. The minimum Gasteiger partial charge on any atom is -0.507 e. The van der Waals surface area contributed by atoms with Gasteiger partial charge in [0, 0.05) is 12.1 Å². The molecule has 7 nitrogen and oxygen atoms in total. The molecule has 1 aliphatic rings. The Kier molecular flexibility index (Phi) is 6.61. The van der Waals surface area contributed by atoms with Crippen molar-refractivity contribution in [1.82, 2.24) is 4.90 Å². The summed E-state index contributed by atoms with van der Waals surface area (Å²) in [5.74, 6) is -1.18. The van der Waals surface area contributed by atoms with E-state index >= 15 is 0 Å². The van der Waals surface area contributed by atoms with Crippen molar-refractivity contribution in [2.75, 3.05) is 14.2 Å². The summed E-state index contributed by atoms with van der Waals surface area (Å²) in [6, 6.07) is 18.1. The summed E-state index contributed by atoms with van der Waals surface area (Å²) in [5.41, 5.74) is 1.63. The number of carbonyl (C=O) groups is 2. The summed E-state index contributed by atoms with van der Waals surface area (Å²) >= 11 is 3.31. The Morgan fingerprint density at radius 2 is 1.68 bits per heavy atom. The van der Waals surface area contributed by atoms with E-state index in [0.717, 1.165) is 5.56 Å². The lowest BCUT2D eigenvalue weighted by atomic mass is 9.94. The number of halogens is 1. The van der Waals surface area contributed by atoms with Gasteiger partial charge in [-0.25, -0.2) is 0 Å². The van der Waals surface area contributed by atoms with Gasteiger partial charge in [-0.2, -0.15) is 0 Å². The molecule has 174 valence electrons. The molecule has 1 atom stereocenters. The molecule has 3 aromatic carbocycles.